The van der Waals surface area contributed by atoms with Gasteiger partial charge in [0.1, 0.15) is 0 Å². The fourth-order valence-corrected chi connectivity index (χ4v) is 0.754. The molecule has 9 heavy (non-hydrogen) atoms. The number of halogens is 2. The summed E-state index contributed by atoms with van der Waals surface area (Å²) in [5.41, 5.74) is 0. The second-order valence-corrected chi connectivity index (χ2v) is 6.32. The summed E-state index contributed by atoms with van der Waals surface area (Å²) in [5, 5.41) is 0. The van der Waals surface area contributed by atoms with Crippen molar-refractivity contribution in [3.05, 3.63) is 0 Å². The Bertz CT molecular complexity index is 71.8. The van der Waals surface area contributed by atoms with Crippen LogP contribution >= 0.6 is 23.2 Å². The highest BCUT2D eigenvalue weighted by Crippen LogP contribution is 2.17. The lowest BCUT2D eigenvalue weighted by Gasteiger charge is -2.13. The zero-order valence-electron chi connectivity index (χ0n) is 5.79. The highest BCUT2D eigenvalue weighted by atomic mass is 35.5. The first-order chi connectivity index (χ1) is 4.06. The highest BCUT2D eigenvalue weighted by molar-refractivity contribution is 6.63. The summed E-state index contributed by atoms with van der Waals surface area (Å²) in [6.07, 6.45) is 2.15. The van der Waals surface area contributed by atoms with E-state index in [9.17, 15) is 0 Å². The molecule has 0 saturated carbocycles. The minimum absolute atomic E-state index is 0.653. The van der Waals surface area contributed by atoms with Crippen molar-refractivity contribution in [2.75, 3.05) is 6.61 Å². The topological polar surface area (TPSA) is 9.23 Å². The van der Waals surface area contributed by atoms with Crippen molar-refractivity contribution in [1.82, 2.24) is 0 Å². The maximum Gasteiger partial charge on any atom is 0.188 e. The first kappa shape index (κ1) is 9.76. The van der Waals surface area contributed by atoms with Crippen LogP contribution < -0.4 is 0 Å². The molecule has 0 unspecified atom stereocenters. The van der Waals surface area contributed by atoms with E-state index in [4.69, 9.17) is 27.9 Å². The lowest BCUT2D eigenvalue weighted by Crippen LogP contribution is -2.17. The lowest BCUT2D eigenvalue weighted by atomic mass is 10.4. The third-order valence-corrected chi connectivity index (χ3v) is 1.36. The van der Waals surface area contributed by atoms with Gasteiger partial charge in [-0.1, -0.05) is 36.5 Å². The maximum absolute atomic E-state index is 5.57. The Kier molecular flexibility index (Phi) is 4.94. The van der Waals surface area contributed by atoms with E-state index < -0.39 is 4.14 Å². The van der Waals surface area contributed by atoms with Crippen molar-refractivity contribution in [3.63, 3.8) is 0 Å². The summed E-state index contributed by atoms with van der Waals surface area (Å²) in [6, 6.07) is 0. The molecule has 0 aromatic heterocycles. The van der Waals surface area contributed by atoms with E-state index in [2.05, 4.69) is 6.92 Å². The molecule has 0 N–H and O–H groups in total. The second-order valence-electron chi connectivity index (χ2n) is 2.01. The van der Waals surface area contributed by atoms with Gasteiger partial charge in [0.15, 0.2) is 4.14 Å². The molecule has 0 saturated heterocycles. The fraction of sp³-hybridized carbons (Fsp3) is 1.00. The molecule has 0 aromatic rings. The van der Waals surface area contributed by atoms with E-state index >= 15 is 0 Å². The molecule has 0 aliphatic carbocycles. The molecule has 4 heteroatoms. The van der Waals surface area contributed by atoms with E-state index in [-0.39, 0.29) is 0 Å². The SMILES string of the molecule is CCCCOC([SiH3])(Cl)Cl. The number of hydrogen-bond acceptors (Lipinski definition) is 1. The largest absolute Gasteiger partial charge is 0.351 e. The highest BCUT2D eigenvalue weighted by Gasteiger charge is 2.14. The van der Waals surface area contributed by atoms with Crippen molar-refractivity contribution >= 4 is 33.4 Å². The number of rotatable bonds is 4. The van der Waals surface area contributed by atoms with Crippen LogP contribution in [0.3, 0.4) is 0 Å². The normalized spacial score (nSPS) is 12.3. The third-order valence-electron chi connectivity index (χ3n) is 0.853. The van der Waals surface area contributed by atoms with Gasteiger partial charge in [-0.05, 0) is 6.42 Å². The smallest absolute Gasteiger partial charge is 0.188 e. The van der Waals surface area contributed by atoms with Crippen LogP contribution in [-0.2, 0) is 4.74 Å². The predicted molar refractivity (Wildman–Crippen MR) is 45.2 cm³/mol. The molecule has 0 aromatic carbocycles. The summed E-state index contributed by atoms with van der Waals surface area (Å²) in [5.74, 6) is 0. The molecule has 0 atom stereocenters. The zero-order chi connectivity index (χ0) is 7.33. The Labute approximate surface area is 69.1 Å². The van der Waals surface area contributed by atoms with Gasteiger partial charge < -0.3 is 4.74 Å². The Morgan fingerprint density at radius 3 is 2.44 bits per heavy atom. The number of ether oxygens (including phenoxy) is 1. The van der Waals surface area contributed by atoms with Crippen molar-refractivity contribution in [2.24, 2.45) is 0 Å². The van der Waals surface area contributed by atoms with Crippen LogP contribution in [0.1, 0.15) is 19.8 Å². The Morgan fingerprint density at radius 1 is 1.56 bits per heavy atom. The van der Waals surface area contributed by atoms with E-state index in [1.807, 2.05) is 0 Å². The molecule has 0 spiro atoms. The molecular weight excluding hydrogens is 175 g/mol. The molecule has 0 aliphatic rings. The van der Waals surface area contributed by atoms with Crippen LogP contribution in [0.2, 0.25) is 0 Å². The average Bonchev–Trinajstić information content (AvgIpc) is 1.63. The van der Waals surface area contributed by atoms with Gasteiger partial charge in [-0.15, -0.1) is 0 Å². The molecule has 0 rings (SSSR count). The fourth-order valence-electron chi connectivity index (χ4n) is 0.396. The Morgan fingerprint density at radius 2 is 2.11 bits per heavy atom. The second kappa shape index (κ2) is 4.55. The maximum atomic E-state index is 5.57. The first-order valence-corrected chi connectivity index (χ1v) is 4.83. The van der Waals surface area contributed by atoms with Crippen LogP contribution in [0, 0.1) is 0 Å². The van der Waals surface area contributed by atoms with Gasteiger partial charge >= 0.3 is 0 Å². The number of unbranched alkanes of at least 4 members (excludes halogenated alkanes) is 1. The van der Waals surface area contributed by atoms with Gasteiger partial charge in [0.25, 0.3) is 0 Å². The molecule has 1 nitrogen and oxygen atoms in total. The van der Waals surface area contributed by atoms with Gasteiger partial charge in [-0.25, -0.2) is 0 Å². The van der Waals surface area contributed by atoms with Crippen molar-refractivity contribution in [2.45, 2.75) is 23.9 Å². The van der Waals surface area contributed by atoms with Crippen LogP contribution in [0.15, 0.2) is 0 Å². The number of alkyl halides is 2. The standard InChI is InChI=1S/C5H12Cl2OSi/c1-2-3-4-8-5(6,7)9/h2-4H2,1,9H3. The summed E-state index contributed by atoms with van der Waals surface area (Å²) < 4.78 is 4.20. The molecule has 0 radical (unpaired) electrons. The van der Waals surface area contributed by atoms with Gasteiger partial charge in [0.2, 0.25) is 0 Å². The van der Waals surface area contributed by atoms with E-state index in [1.54, 1.807) is 0 Å². The van der Waals surface area contributed by atoms with E-state index in [0.29, 0.717) is 16.8 Å². The van der Waals surface area contributed by atoms with E-state index in [0.717, 1.165) is 12.8 Å². The van der Waals surface area contributed by atoms with Crippen LogP contribution in [0.4, 0.5) is 0 Å². The average molecular weight is 187 g/mol. The third kappa shape index (κ3) is 8.76. The minimum atomic E-state index is -0.866. The molecule has 0 heterocycles. The summed E-state index contributed by atoms with van der Waals surface area (Å²) in [7, 11) is 0.653. The molecular formula is C5H12Cl2OSi. The Balaban J connectivity index is 3.07. The number of hydrogen-bond donors (Lipinski definition) is 0. The molecule has 0 bridgehead atoms. The predicted octanol–water partition coefficient (Wildman–Crippen LogP) is 1.26. The molecule has 0 fully saturated rings. The summed E-state index contributed by atoms with van der Waals surface area (Å²) in [6.45, 7) is 2.77. The monoisotopic (exact) mass is 186 g/mol. The molecule has 56 valence electrons. The van der Waals surface area contributed by atoms with E-state index in [1.165, 1.54) is 0 Å². The van der Waals surface area contributed by atoms with Crippen molar-refractivity contribution in [3.8, 4) is 0 Å². The van der Waals surface area contributed by atoms with Crippen molar-refractivity contribution < 1.29 is 4.74 Å². The van der Waals surface area contributed by atoms with Crippen LogP contribution in [-0.4, -0.2) is 21.0 Å². The minimum Gasteiger partial charge on any atom is -0.351 e. The zero-order valence-corrected chi connectivity index (χ0v) is 9.30. The first-order valence-electron chi connectivity index (χ1n) is 3.08. The summed E-state index contributed by atoms with van der Waals surface area (Å²) in [4.78, 5) is 0. The van der Waals surface area contributed by atoms with Crippen LogP contribution in [0.25, 0.3) is 0 Å². The summed E-state index contributed by atoms with van der Waals surface area (Å²) >= 11 is 11.1. The van der Waals surface area contributed by atoms with Crippen molar-refractivity contribution in [1.29, 1.82) is 0 Å². The molecule has 0 aliphatic heterocycles. The van der Waals surface area contributed by atoms with Gasteiger partial charge in [0, 0.05) is 6.61 Å². The molecule has 0 amide bonds. The Hall–Kier alpha value is 0.757. The lowest BCUT2D eigenvalue weighted by molar-refractivity contribution is 0.126. The van der Waals surface area contributed by atoms with Gasteiger partial charge in [-0.3, -0.25) is 0 Å². The van der Waals surface area contributed by atoms with Crippen LogP contribution in [0.5, 0.6) is 0 Å². The van der Waals surface area contributed by atoms with Gasteiger partial charge in [0.05, 0.1) is 10.2 Å². The van der Waals surface area contributed by atoms with Gasteiger partial charge in [-0.2, -0.15) is 0 Å². The quantitative estimate of drug-likeness (QED) is 0.365.